The highest BCUT2D eigenvalue weighted by Crippen LogP contribution is 2.18. The predicted molar refractivity (Wildman–Crippen MR) is 115 cm³/mol. The van der Waals surface area contributed by atoms with Gasteiger partial charge in [0.15, 0.2) is 5.78 Å². The van der Waals surface area contributed by atoms with Gasteiger partial charge in [0, 0.05) is 34.3 Å². The van der Waals surface area contributed by atoms with Crippen LogP contribution in [0.5, 0.6) is 0 Å². The smallest absolute Gasteiger partial charge is 0.265 e. The van der Waals surface area contributed by atoms with Gasteiger partial charge in [-0.15, -0.1) is 11.3 Å². The molecule has 0 spiro atoms. The van der Waals surface area contributed by atoms with Gasteiger partial charge in [0.25, 0.3) is 5.91 Å². The first kappa shape index (κ1) is 20.0. The number of amides is 2. The molecule has 0 saturated heterocycles. The SMILES string of the molecule is O=C(CCC(=O)c1ccc(Br)cc1)Nc1cccc(NC(=O)c2cccs2)c1. The number of carbonyl (C=O) groups excluding carboxylic acids is 3. The zero-order valence-corrected chi connectivity index (χ0v) is 17.2. The highest BCUT2D eigenvalue weighted by atomic mass is 79.9. The number of anilines is 2. The van der Waals surface area contributed by atoms with Crippen LogP contribution >= 0.6 is 27.3 Å². The molecule has 5 nitrogen and oxygen atoms in total. The van der Waals surface area contributed by atoms with Gasteiger partial charge in [-0.05, 0) is 41.8 Å². The summed E-state index contributed by atoms with van der Waals surface area (Å²) in [5.41, 5.74) is 1.72. The van der Waals surface area contributed by atoms with E-state index in [1.807, 2.05) is 11.4 Å². The van der Waals surface area contributed by atoms with Gasteiger partial charge in [0.05, 0.1) is 4.88 Å². The molecule has 0 radical (unpaired) electrons. The number of thiophene rings is 1. The summed E-state index contributed by atoms with van der Waals surface area (Å²) in [7, 11) is 0. The molecule has 28 heavy (non-hydrogen) atoms. The summed E-state index contributed by atoms with van der Waals surface area (Å²) in [6.07, 6.45) is 0.211. The molecule has 142 valence electrons. The Bertz CT molecular complexity index is 985. The van der Waals surface area contributed by atoms with Crippen LogP contribution in [0.2, 0.25) is 0 Å². The number of benzene rings is 2. The molecule has 7 heteroatoms. The quantitative estimate of drug-likeness (QED) is 0.469. The molecular weight excluding hydrogens is 440 g/mol. The van der Waals surface area contributed by atoms with Crippen molar-refractivity contribution in [3.63, 3.8) is 0 Å². The molecule has 2 N–H and O–H groups in total. The third-order valence-electron chi connectivity index (χ3n) is 3.89. The monoisotopic (exact) mass is 456 g/mol. The third-order valence-corrected chi connectivity index (χ3v) is 5.29. The lowest BCUT2D eigenvalue weighted by Crippen LogP contribution is -2.14. The van der Waals surface area contributed by atoms with Gasteiger partial charge in [0.2, 0.25) is 5.91 Å². The number of halogens is 1. The second-order valence-electron chi connectivity index (χ2n) is 5.99. The second-order valence-corrected chi connectivity index (χ2v) is 7.85. The molecule has 0 fully saturated rings. The number of ketones is 1. The maximum absolute atomic E-state index is 12.2. The fraction of sp³-hybridized carbons (Fsp3) is 0.0952. The van der Waals surface area contributed by atoms with Crippen LogP contribution in [0.15, 0.2) is 70.5 Å². The average molecular weight is 457 g/mol. The number of nitrogens with one attached hydrogen (secondary N) is 2. The standard InChI is InChI=1S/C21H17BrN2O3S/c22-15-8-6-14(7-9-15)18(25)10-11-20(26)23-16-3-1-4-17(13-16)24-21(27)19-5-2-12-28-19/h1-9,12-13H,10-11H2,(H,23,26)(H,24,27). The van der Waals surface area contributed by atoms with Crippen molar-refractivity contribution >= 4 is 56.2 Å². The molecule has 0 aliphatic heterocycles. The molecule has 2 amide bonds. The Hall–Kier alpha value is -2.77. The number of carbonyl (C=O) groups is 3. The Morgan fingerprint density at radius 1 is 0.857 bits per heavy atom. The number of rotatable bonds is 7. The van der Waals surface area contributed by atoms with Crippen molar-refractivity contribution in [3.05, 3.63) is 81.0 Å². The van der Waals surface area contributed by atoms with Crippen molar-refractivity contribution in [2.45, 2.75) is 12.8 Å². The molecule has 0 unspecified atom stereocenters. The molecule has 1 aromatic heterocycles. The minimum atomic E-state index is -0.257. The molecule has 3 aromatic rings. The number of hydrogen-bond acceptors (Lipinski definition) is 4. The molecule has 3 rings (SSSR count). The Morgan fingerprint density at radius 3 is 2.25 bits per heavy atom. The summed E-state index contributed by atoms with van der Waals surface area (Å²) in [5.74, 6) is -0.537. The molecule has 0 aliphatic carbocycles. The lowest BCUT2D eigenvalue weighted by Gasteiger charge is -2.08. The van der Waals surface area contributed by atoms with Crippen molar-refractivity contribution in [2.75, 3.05) is 10.6 Å². The van der Waals surface area contributed by atoms with Gasteiger partial charge in [-0.3, -0.25) is 14.4 Å². The average Bonchev–Trinajstić information content (AvgIpc) is 3.22. The summed E-state index contributed by atoms with van der Waals surface area (Å²) in [6, 6.07) is 17.5. The van der Waals surface area contributed by atoms with Gasteiger partial charge < -0.3 is 10.6 Å². The molecule has 0 bridgehead atoms. The zero-order chi connectivity index (χ0) is 19.9. The summed E-state index contributed by atoms with van der Waals surface area (Å²) < 4.78 is 0.896. The van der Waals surface area contributed by atoms with Crippen molar-refractivity contribution < 1.29 is 14.4 Å². The fourth-order valence-corrected chi connectivity index (χ4v) is 3.39. The van der Waals surface area contributed by atoms with E-state index in [1.54, 1.807) is 54.6 Å². The van der Waals surface area contributed by atoms with E-state index in [0.717, 1.165) is 4.47 Å². The Labute approximate surface area is 174 Å². The normalized spacial score (nSPS) is 10.3. The Balaban J connectivity index is 1.53. The van der Waals surface area contributed by atoms with Gasteiger partial charge >= 0.3 is 0 Å². The molecular formula is C21H17BrN2O3S. The molecule has 0 saturated carbocycles. The second kappa shape index (κ2) is 9.43. The maximum atomic E-state index is 12.2. The van der Waals surface area contributed by atoms with E-state index in [4.69, 9.17) is 0 Å². The highest BCUT2D eigenvalue weighted by Gasteiger charge is 2.11. The van der Waals surface area contributed by atoms with Crippen molar-refractivity contribution in [3.8, 4) is 0 Å². The van der Waals surface area contributed by atoms with E-state index in [0.29, 0.717) is 21.8 Å². The van der Waals surface area contributed by atoms with Crippen LogP contribution in [-0.2, 0) is 4.79 Å². The topological polar surface area (TPSA) is 75.3 Å². The number of Topliss-reactive ketones (excluding diaryl/α,β-unsaturated/α-hetero) is 1. The lowest BCUT2D eigenvalue weighted by atomic mass is 10.1. The summed E-state index contributed by atoms with van der Waals surface area (Å²) >= 11 is 4.68. The first-order chi connectivity index (χ1) is 13.5. The highest BCUT2D eigenvalue weighted by molar-refractivity contribution is 9.10. The minimum absolute atomic E-state index is 0.0837. The van der Waals surface area contributed by atoms with Crippen LogP contribution in [0.1, 0.15) is 32.9 Å². The van der Waals surface area contributed by atoms with E-state index >= 15 is 0 Å². The first-order valence-corrected chi connectivity index (χ1v) is 10.2. The fourth-order valence-electron chi connectivity index (χ4n) is 2.51. The van der Waals surface area contributed by atoms with Crippen LogP contribution in [0, 0.1) is 0 Å². The molecule has 1 heterocycles. The van der Waals surface area contributed by atoms with Gasteiger partial charge in [0.1, 0.15) is 0 Å². The lowest BCUT2D eigenvalue weighted by molar-refractivity contribution is -0.116. The summed E-state index contributed by atoms with van der Waals surface area (Å²) in [5, 5.41) is 7.39. The van der Waals surface area contributed by atoms with Crippen LogP contribution < -0.4 is 10.6 Å². The summed E-state index contributed by atoms with van der Waals surface area (Å²) in [4.78, 5) is 37.1. The predicted octanol–water partition coefficient (Wildman–Crippen LogP) is 5.36. The van der Waals surface area contributed by atoms with E-state index in [2.05, 4.69) is 26.6 Å². The van der Waals surface area contributed by atoms with Crippen LogP contribution in [-0.4, -0.2) is 17.6 Å². The van der Waals surface area contributed by atoms with Crippen LogP contribution in [0.3, 0.4) is 0 Å². The third kappa shape index (κ3) is 5.61. The largest absolute Gasteiger partial charge is 0.326 e. The Kier molecular flexibility index (Phi) is 6.73. The number of hydrogen-bond donors (Lipinski definition) is 2. The van der Waals surface area contributed by atoms with E-state index in [9.17, 15) is 14.4 Å². The van der Waals surface area contributed by atoms with E-state index in [-0.39, 0.29) is 30.4 Å². The van der Waals surface area contributed by atoms with Gasteiger partial charge in [-0.25, -0.2) is 0 Å². The van der Waals surface area contributed by atoms with Crippen molar-refractivity contribution in [1.29, 1.82) is 0 Å². The van der Waals surface area contributed by atoms with Crippen LogP contribution in [0.25, 0.3) is 0 Å². The van der Waals surface area contributed by atoms with Gasteiger partial charge in [-0.2, -0.15) is 0 Å². The van der Waals surface area contributed by atoms with Crippen LogP contribution in [0.4, 0.5) is 11.4 Å². The van der Waals surface area contributed by atoms with E-state index < -0.39 is 0 Å². The zero-order valence-electron chi connectivity index (χ0n) is 14.8. The molecule has 0 atom stereocenters. The van der Waals surface area contributed by atoms with Crippen molar-refractivity contribution in [1.82, 2.24) is 0 Å². The maximum Gasteiger partial charge on any atom is 0.265 e. The summed E-state index contributed by atoms with van der Waals surface area (Å²) in [6.45, 7) is 0. The molecule has 0 aliphatic rings. The van der Waals surface area contributed by atoms with E-state index in [1.165, 1.54) is 11.3 Å². The minimum Gasteiger partial charge on any atom is -0.326 e. The van der Waals surface area contributed by atoms with Gasteiger partial charge in [-0.1, -0.05) is 40.2 Å². The first-order valence-electron chi connectivity index (χ1n) is 8.55. The Morgan fingerprint density at radius 2 is 1.57 bits per heavy atom. The molecule has 2 aromatic carbocycles. The van der Waals surface area contributed by atoms with Crippen molar-refractivity contribution in [2.24, 2.45) is 0 Å².